The zero-order valence-electron chi connectivity index (χ0n) is 10.7. The third kappa shape index (κ3) is 3.86. The zero-order valence-corrected chi connectivity index (χ0v) is 11.5. The summed E-state index contributed by atoms with van der Waals surface area (Å²) in [6.45, 7) is 0. The van der Waals surface area contributed by atoms with E-state index in [0.29, 0.717) is 0 Å². The maximum Gasteiger partial charge on any atom is 0.338 e. The monoisotopic (exact) mass is 298 g/mol. The molecule has 108 valence electrons. The summed E-state index contributed by atoms with van der Waals surface area (Å²) in [5.41, 5.74) is -0.187. The van der Waals surface area contributed by atoms with Crippen molar-refractivity contribution in [1.82, 2.24) is 5.32 Å². The van der Waals surface area contributed by atoms with E-state index < -0.39 is 23.4 Å². The van der Waals surface area contributed by atoms with Crippen molar-refractivity contribution in [2.45, 2.75) is 18.9 Å². The number of carboxylic acid groups (broad SMARTS) is 1. The Balaban J connectivity index is 1.93. The standard InChI is InChI=1S/C13H15FN2O3S/c14-11-6-8(3-4-10(11)12(17)18)15-13(19)16-9-2-1-5-20-7-9/h3-4,6,9H,1-2,5,7H2,(H,17,18)(H2,15,16,19). The lowest BCUT2D eigenvalue weighted by Crippen LogP contribution is -2.40. The van der Waals surface area contributed by atoms with E-state index in [4.69, 9.17) is 5.11 Å². The van der Waals surface area contributed by atoms with E-state index in [0.717, 1.165) is 36.5 Å². The minimum Gasteiger partial charge on any atom is -0.478 e. The Hall–Kier alpha value is -1.76. The third-order valence-electron chi connectivity index (χ3n) is 2.95. The molecule has 5 nitrogen and oxygen atoms in total. The Labute approximate surface area is 119 Å². The summed E-state index contributed by atoms with van der Waals surface area (Å²) in [5.74, 6) is -0.220. The van der Waals surface area contributed by atoms with Gasteiger partial charge in [-0.25, -0.2) is 14.0 Å². The second-order valence-corrected chi connectivity index (χ2v) is 5.66. The Bertz CT molecular complexity index is 518. The molecule has 0 radical (unpaired) electrons. The summed E-state index contributed by atoms with van der Waals surface area (Å²) in [5, 5.41) is 14.0. The van der Waals surface area contributed by atoms with Gasteiger partial charge in [-0.1, -0.05) is 0 Å². The molecule has 1 aliphatic heterocycles. The molecule has 0 bridgehead atoms. The van der Waals surface area contributed by atoms with E-state index in [-0.39, 0.29) is 11.7 Å². The molecule has 7 heteroatoms. The van der Waals surface area contributed by atoms with Gasteiger partial charge in [-0.2, -0.15) is 11.8 Å². The summed E-state index contributed by atoms with van der Waals surface area (Å²) < 4.78 is 13.5. The molecule has 3 N–H and O–H groups in total. The number of benzene rings is 1. The predicted octanol–water partition coefficient (Wildman–Crippen LogP) is 2.54. The summed E-state index contributed by atoms with van der Waals surface area (Å²) in [4.78, 5) is 22.4. The van der Waals surface area contributed by atoms with Crippen LogP contribution in [0.25, 0.3) is 0 Å². The second-order valence-electron chi connectivity index (χ2n) is 4.51. The van der Waals surface area contributed by atoms with Crippen LogP contribution in [0, 0.1) is 5.82 Å². The molecule has 1 heterocycles. The number of anilines is 1. The third-order valence-corrected chi connectivity index (χ3v) is 4.17. The van der Waals surface area contributed by atoms with E-state index in [2.05, 4.69) is 10.6 Å². The summed E-state index contributed by atoms with van der Waals surface area (Å²) in [7, 11) is 0. The number of nitrogens with one attached hydrogen (secondary N) is 2. The lowest BCUT2D eigenvalue weighted by molar-refractivity contribution is 0.0692. The lowest BCUT2D eigenvalue weighted by Gasteiger charge is -2.22. The number of carboxylic acids is 1. The minimum absolute atomic E-state index is 0.122. The molecule has 0 aromatic heterocycles. The molecule has 0 aliphatic carbocycles. The highest BCUT2D eigenvalue weighted by Crippen LogP contribution is 2.18. The SMILES string of the molecule is O=C(Nc1ccc(C(=O)O)c(F)c1)NC1CCCSC1. The first-order chi connectivity index (χ1) is 9.56. The van der Waals surface area contributed by atoms with E-state index in [9.17, 15) is 14.0 Å². The van der Waals surface area contributed by atoms with Crippen LogP contribution in [0.1, 0.15) is 23.2 Å². The van der Waals surface area contributed by atoms with Gasteiger partial charge < -0.3 is 15.7 Å². The van der Waals surface area contributed by atoms with Crippen LogP contribution in [-0.4, -0.2) is 34.7 Å². The predicted molar refractivity (Wildman–Crippen MR) is 75.9 cm³/mol. The highest BCUT2D eigenvalue weighted by Gasteiger charge is 2.16. The molecule has 1 fully saturated rings. The normalized spacial score (nSPS) is 18.4. The number of aromatic carboxylic acids is 1. The van der Waals surface area contributed by atoms with Gasteiger partial charge in [0.25, 0.3) is 0 Å². The lowest BCUT2D eigenvalue weighted by atomic mass is 10.2. The van der Waals surface area contributed by atoms with Crippen LogP contribution < -0.4 is 10.6 Å². The molecule has 2 amide bonds. The van der Waals surface area contributed by atoms with Gasteiger partial charge in [0.15, 0.2) is 0 Å². The topological polar surface area (TPSA) is 78.4 Å². The van der Waals surface area contributed by atoms with Gasteiger partial charge >= 0.3 is 12.0 Å². The summed E-state index contributed by atoms with van der Waals surface area (Å²) >= 11 is 1.79. The van der Waals surface area contributed by atoms with Gasteiger partial charge in [0, 0.05) is 17.5 Å². The van der Waals surface area contributed by atoms with Crippen molar-refractivity contribution < 1.29 is 19.1 Å². The van der Waals surface area contributed by atoms with Crippen molar-refractivity contribution in [1.29, 1.82) is 0 Å². The molecule has 1 aromatic carbocycles. The highest BCUT2D eigenvalue weighted by molar-refractivity contribution is 7.99. The van der Waals surface area contributed by atoms with E-state index in [1.165, 1.54) is 6.07 Å². The molecular weight excluding hydrogens is 283 g/mol. The molecule has 1 atom stereocenters. The number of urea groups is 1. The Morgan fingerprint density at radius 3 is 2.80 bits per heavy atom. The molecular formula is C13H15FN2O3S. The fourth-order valence-electron chi connectivity index (χ4n) is 1.97. The number of hydrogen-bond donors (Lipinski definition) is 3. The van der Waals surface area contributed by atoms with Crippen LogP contribution in [0.3, 0.4) is 0 Å². The first kappa shape index (κ1) is 14.6. The smallest absolute Gasteiger partial charge is 0.338 e. The quantitative estimate of drug-likeness (QED) is 0.801. The second kappa shape index (κ2) is 6.60. The van der Waals surface area contributed by atoms with Crippen molar-refractivity contribution in [3.63, 3.8) is 0 Å². The van der Waals surface area contributed by atoms with E-state index in [1.807, 2.05) is 0 Å². The fourth-order valence-corrected chi connectivity index (χ4v) is 3.05. The molecule has 1 aliphatic rings. The first-order valence-corrected chi connectivity index (χ1v) is 7.40. The number of carbonyl (C=O) groups excluding carboxylic acids is 1. The van der Waals surface area contributed by atoms with Gasteiger partial charge in [0.1, 0.15) is 5.82 Å². The molecule has 1 aromatic rings. The fraction of sp³-hybridized carbons (Fsp3) is 0.385. The molecule has 2 rings (SSSR count). The average Bonchev–Trinajstić information content (AvgIpc) is 2.39. The average molecular weight is 298 g/mol. The van der Waals surface area contributed by atoms with Crippen molar-refractivity contribution in [3.05, 3.63) is 29.6 Å². The van der Waals surface area contributed by atoms with Gasteiger partial charge in [-0.3, -0.25) is 0 Å². The first-order valence-electron chi connectivity index (χ1n) is 6.24. The van der Waals surface area contributed by atoms with Crippen LogP contribution in [0.4, 0.5) is 14.9 Å². The van der Waals surface area contributed by atoms with Crippen molar-refractivity contribution in [2.75, 3.05) is 16.8 Å². The molecule has 0 spiro atoms. The van der Waals surface area contributed by atoms with E-state index >= 15 is 0 Å². The van der Waals surface area contributed by atoms with E-state index in [1.54, 1.807) is 11.8 Å². The van der Waals surface area contributed by atoms with Crippen molar-refractivity contribution >= 4 is 29.4 Å². The van der Waals surface area contributed by atoms with Crippen LogP contribution >= 0.6 is 11.8 Å². The summed E-state index contributed by atoms with van der Waals surface area (Å²) in [6.07, 6.45) is 2.00. The molecule has 20 heavy (non-hydrogen) atoms. The van der Waals surface area contributed by atoms with Crippen molar-refractivity contribution in [2.24, 2.45) is 0 Å². The van der Waals surface area contributed by atoms with Crippen LogP contribution in [0.2, 0.25) is 0 Å². The van der Waals surface area contributed by atoms with Crippen molar-refractivity contribution in [3.8, 4) is 0 Å². The Morgan fingerprint density at radius 2 is 2.20 bits per heavy atom. The minimum atomic E-state index is -1.34. The largest absolute Gasteiger partial charge is 0.478 e. The number of thioether (sulfide) groups is 1. The number of amides is 2. The maximum absolute atomic E-state index is 13.5. The van der Waals surface area contributed by atoms with Crippen LogP contribution in [0.5, 0.6) is 0 Å². The maximum atomic E-state index is 13.5. The Kier molecular flexibility index (Phi) is 4.84. The highest BCUT2D eigenvalue weighted by atomic mass is 32.2. The van der Waals surface area contributed by atoms with Gasteiger partial charge in [-0.05, 0) is 36.8 Å². The van der Waals surface area contributed by atoms with Gasteiger partial charge in [0.05, 0.1) is 5.56 Å². The molecule has 1 unspecified atom stereocenters. The molecule has 0 saturated carbocycles. The number of halogens is 1. The zero-order chi connectivity index (χ0) is 14.5. The number of carbonyl (C=O) groups is 2. The van der Waals surface area contributed by atoms with Gasteiger partial charge in [0.2, 0.25) is 0 Å². The number of rotatable bonds is 3. The number of hydrogen-bond acceptors (Lipinski definition) is 3. The van der Waals surface area contributed by atoms with Gasteiger partial charge in [-0.15, -0.1) is 0 Å². The van der Waals surface area contributed by atoms with Crippen LogP contribution in [0.15, 0.2) is 18.2 Å². The van der Waals surface area contributed by atoms with Crippen LogP contribution in [-0.2, 0) is 0 Å². The molecule has 1 saturated heterocycles. The Morgan fingerprint density at radius 1 is 1.40 bits per heavy atom. The summed E-state index contributed by atoms with van der Waals surface area (Å²) in [6, 6.07) is 3.21.